The lowest BCUT2D eigenvalue weighted by atomic mass is 10.2. The van der Waals surface area contributed by atoms with Gasteiger partial charge in [-0.3, -0.25) is 0 Å². The van der Waals surface area contributed by atoms with Gasteiger partial charge in [-0.2, -0.15) is 5.26 Å². The maximum absolute atomic E-state index is 8.53. The van der Waals surface area contributed by atoms with Crippen LogP contribution < -0.4 is 5.73 Å². The topological polar surface area (TPSA) is 67.6 Å². The van der Waals surface area contributed by atoms with Gasteiger partial charge in [0.1, 0.15) is 5.65 Å². The van der Waals surface area contributed by atoms with Gasteiger partial charge in [0.2, 0.25) is 0 Å². The molecule has 94 valence electrons. The molecule has 0 saturated heterocycles. The Bertz CT molecular complexity index is 550. The number of nitrogens with two attached hydrogens (primary N) is 1. The fourth-order valence-electron chi connectivity index (χ4n) is 2.21. The number of hydrogen-bond acceptors (Lipinski definition) is 3. The highest BCUT2D eigenvalue weighted by Crippen LogP contribution is 2.20. The van der Waals surface area contributed by atoms with Crippen LogP contribution >= 0.6 is 0 Å². The van der Waals surface area contributed by atoms with Crippen LogP contribution in [0.3, 0.4) is 0 Å². The van der Waals surface area contributed by atoms with E-state index in [1.54, 1.807) is 0 Å². The minimum Gasteiger partial charge on any atom is -0.332 e. The van der Waals surface area contributed by atoms with Crippen LogP contribution in [0.15, 0.2) is 24.5 Å². The summed E-state index contributed by atoms with van der Waals surface area (Å²) in [5.41, 5.74) is 7.93. The molecule has 0 aliphatic heterocycles. The molecule has 2 heterocycles. The van der Waals surface area contributed by atoms with Gasteiger partial charge in [0.15, 0.2) is 0 Å². The van der Waals surface area contributed by atoms with E-state index >= 15 is 0 Å². The molecule has 0 amide bonds. The summed E-state index contributed by atoms with van der Waals surface area (Å²) >= 11 is 0. The molecule has 4 heteroatoms. The second-order valence-corrected chi connectivity index (χ2v) is 4.38. The number of pyridine rings is 1. The van der Waals surface area contributed by atoms with Crippen molar-refractivity contribution >= 4 is 11.0 Å². The number of aryl methyl sites for hydroxylation is 1. The highest BCUT2D eigenvalue weighted by molar-refractivity contribution is 5.80. The maximum atomic E-state index is 8.53. The van der Waals surface area contributed by atoms with Gasteiger partial charge in [0.25, 0.3) is 0 Å². The van der Waals surface area contributed by atoms with E-state index in [9.17, 15) is 0 Å². The summed E-state index contributed by atoms with van der Waals surface area (Å²) in [7, 11) is 0. The summed E-state index contributed by atoms with van der Waals surface area (Å²) in [4.78, 5) is 4.44. The molecule has 0 aliphatic carbocycles. The molecule has 0 saturated carbocycles. The molecule has 0 atom stereocenters. The zero-order chi connectivity index (χ0) is 12.8. The van der Waals surface area contributed by atoms with Crippen LogP contribution in [-0.2, 0) is 13.0 Å². The van der Waals surface area contributed by atoms with Crippen molar-refractivity contribution in [1.29, 1.82) is 5.26 Å². The second kappa shape index (κ2) is 6.18. The fraction of sp³-hybridized carbons (Fsp3) is 0.429. The molecule has 4 nitrogen and oxygen atoms in total. The zero-order valence-electron chi connectivity index (χ0n) is 10.5. The van der Waals surface area contributed by atoms with E-state index in [4.69, 9.17) is 11.0 Å². The highest BCUT2D eigenvalue weighted by atomic mass is 15.0. The van der Waals surface area contributed by atoms with Crippen LogP contribution in [0, 0.1) is 11.3 Å². The standard InChI is InChI=1S/C14H18N4/c15-7-2-1-3-10-18-11-12(6-8-16)13-5-4-9-17-14(13)18/h4-5,9,11H,1-3,6,8,10,16H2. The zero-order valence-corrected chi connectivity index (χ0v) is 10.5. The number of aromatic nitrogens is 2. The summed E-state index contributed by atoms with van der Waals surface area (Å²) < 4.78 is 2.18. The van der Waals surface area contributed by atoms with E-state index in [1.165, 1.54) is 10.9 Å². The molecular weight excluding hydrogens is 224 g/mol. The summed E-state index contributed by atoms with van der Waals surface area (Å²) in [6.07, 6.45) is 7.43. The molecule has 2 aromatic heterocycles. The molecule has 0 unspecified atom stereocenters. The third kappa shape index (κ3) is 2.69. The Labute approximate surface area is 107 Å². The van der Waals surface area contributed by atoms with Gasteiger partial charge in [-0.05, 0) is 43.5 Å². The minimum atomic E-state index is 0.627. The maximum Gasteiger partial charge on any atom is 0.140 e. The average molecular weight is 242 g/mol. The first-order valence-electron chi connectivity index (χ1n) is 6.36. The van der Waals surface area contributed by atoms with Crippen molar-refractivity contribution in [3.8, 4) is 6.07 Å². The predicted molar refractivity (Wildman–Crippen MR) is 72.0 cm³/mol. The van der Waals surface area contributed by atoms with Crippen LogP contribution in [-0.4, -0.2) is 16.1 Å². The Balaban J connectivity index is 2.19. The minimum absolute atomic E-state index is 0.627. The number of nitrogens with zero attached hydrogens (tertiary/aromatic N) is 3. The monoisotopic (exact) mass is 242 g/mol. The first kappa shape index (κ1) is 12.6. The molecule has 0 aromatic carbocycles. The van der Waals surface area contributed by atoms with E-state index < -0.39 is 0 Å². The van der Waals surface area contributed by atoms with Gasteiger partial charge in [0, 0.05) is 30.7 Å². The van der Waals surface area contributed by atoms with Crippen molar-refractivity contribution in [3.63, 3.8) is 0 Å². The highest BCUT2D eigenvalue weighted by Gasteiger charge is 2.08. The summed E-state index contributed by atoms with van der Waals surface area (Å²) in [6, 6.07) is 6.23. The number of hydrogen-bond donors (Lipinski definition) is 1. The molecule has 0 fully saturated rings. The van der Waals surface area contributed by atoms with Gasteiger partial charge >= 0.3 is 0 Å². The van der Waals surface area contributed by atoms with Gasteiger partial charge in [-0.15, -0.1) is 0 Å². The first-order chi connectivity index (χ1) is 8.86. The average Bonchev–Trinajstić information content (AvgIpc) is 2.74. The fourth-order valence-corrected chi connectivity index (χ4v) is 2.21. The lowest BCUT2D eigenvalue weighted by Gasteiger charge is -2.02. The number of nitriles is 1. The summed E-state index contributed by atoms with van der Waals surface area (Å²) in [6.45, 7) is 1.57. The number of unbranched alkanes of at least 4 members (excludes halogenated alkanes) is 2. The third-order valence-corrected chi connectivity index (χ3v) is 3.07. The molecule has 2 N–H and O–H groups in total. The smallest absolute Gasteiger partial charge is 0.140 e. The molecule has 2 rings (SSSR count). The van der Waals surface area contributed by atoms with Crippen molar-refractivity contribution in [2.24, 2.45) is 5.73 Å². The van der Waals surface area contributed by atoms with Gasteiger partial charge in [0.05, 0.1) is 6.07 Å². The van der Waals surface area contributed by atoms with Gasteiger partial charge < -0.3 is 10.3 Å². The predicted octanol–water partition coefficient (Wildman–Crippen LogP) is 2.23. The molecule has 0 aliphatic rings. The lowest BCUT2D eigenvalue weighted by molar-refractivity contribution is 0.627. The Kier molecular flexibility index (Phi) is 4.32. The Morgan fingerprint density at radius 2 is 2.28 bits per heavy atom. The largest absolute Gasteiger partial charge is 0.332 e. The third-order valence-electron chi connectivity index (χ3n) is 3.07. The van der Waals surface area contributed by atoms with Crippen molar-refractivity contribution < 1.29 is 0 Å². The number of rotatable bonds is 6. The van der Waals surface area contributed by atoms with Crippen LogP contribution in [0.5, 0.6) is 0 Å². The van der Waals surface area contributed by atoms with E-state index in [-0.39, 0.29) is 0 Å². The Morgan fingerprint density at radius 1 is 1.39 bits per heavy atom. The van der Waals surface area contributed by atoms with E-state index in [0.717, 1.165) is 31.5 Å². The first-order valence-corrected chi connectivity index (χ1v) is 6.36. The molecule has 0 radical (unpaired) electrons. The van der Waals surface area contributed by atoms with E-state index in [1.807, 2.05) is 12.3 Å². The Morgan fingerprint density at radius 3 is 3.06 bits per heavy atom. The Hall–Kier alpha value is -1.86. The summed E-state index contributed by atoms with van der Waals surface area (Å²) in [5.74, 6) is 0. The van der Waals surface area contributed by atoms with E-state index in [0.29, 0.717) is 13.0 Å². The van der Waals surface area contributed by atoms with Crippen LogP contribution in [0.25, 0.3) is 11.0 Å². The molecule has 0 spiro atoms. The second-order valence-electron chi connectivity index (χ2n) is 4.38. The van der Waals surface area contributed by atoms with Crippen LogP contribution in [0.2, 0.25) is 0 Å². The van der Waals surface area contributed by atoms with E-state index in [2.05, 4.69) is 27.9 Å². The lowest BCUT2D eigenvalue weighted by Crippen LogP contribution is -2.02. The van der Waals surface area contributed by atoms with Gasteiger partial charge in [-0.1, -0.05) is 0 Å². The normalized spacial score (nSPS) is 10.7. The van der Waals surface area contributed by atoms with Crippen molar-refractivity contribution in [3.05, 3.63) is 30.1 Å². The van der Waals surface area contributed by atoms with Crippen molar-refractivity contribution in [2.45, 2.75) is 32.2 Å². The van der Waals surface area contributed by atoms with Crippen LogP contribution in [0.4, 0.5) is 0 Å². The molecule has 2 aromatic rings. The SMILES string of the molecule is N#CCCCCn1cc(CCN)c2cccnc21. The molecular formula is C14H18N4. The van der Waals surface area contributed by atoms with Crippen molar-refractivity contribution in [1.82, 2.24) is 9.55 Å². The molecule has 18 heavy (non-hydrogen) atoms. The summed E-state index contributed by atoms with van der Waals surface area (Å²) in [5, 5.41) is 9.72. The van der Waals surface area contributed by atoms with Crippen molar-refractivity contribution in [2.75, 3.05) is 6.54 Å². The van der Waals surface area contributed by atoms with Crippen LogP contribution in [0.1, 0.15) is 24.8 Å². The number of fused-ring (bicyclic) bond motifs is 1. The van der Waals surface area contributed by atoms with Gasteiger partial charge in [-0.25, -0.2) is 4.98 Å². The molecule has 0 bridgehead atoms. The quantitative estimate of drug-likeness (QED) is 0.790.